The fraction of sp³-hybridized carbons (Fsp3) is 0.500. The molecule has 6 N–H and O–H groups in total. The summed E-state index contributed by atoms with van der Waals surface area (Å²) in [5, 5.41) is 27.7. The minimum absolute atomic E-state index is 0. The molecule has 1 saturated heterocycles. The van der Waals surface area contributed by atoms with Gasteiger partial charge in [-0.3, -0.25) is 14.5 Å². The van der Waals surface area contributed by atoms with E-state index in [2.05, 4.69) is 19.5 Å². The van der Waals surface area contributed by atoms with Crippen molar-refractivity contribution in [3.05, 3.63) is 18.1 Å². The largest absolute Gasteiger partial charge is 1.00 e. The van der Waals surface area contributed by atoms with Gasteiger partial charge in [-0.1, -0.05) is 0 Å². The monoisotopic (exact) mass is 354 g/mol. The third kappa shape index (κ3) is 3.62. The molecular formula is C10H14LiN5O7P+. The van der Waals surface area contributed by atoms with E-state index >= 15 is 0 Å². The van der Waals surface area contributed by atoms with Crippen LogP contribution in [-0.2, 0) is 13.8 Å². The Morgan fingerprint density at radius 3 is 2.75 bits per heavy atom. The van der Waals surface area contributed by atoms with Gasteiger partial charge >= 0.3 is 26.7 Å². The Bertz CT molecular complexity index is 821. The summed E-state index contributed by atoms with van der Waals surface area (Å²) < 4.78 is 21.8. The number of hydrogen-bond acceptors (Lipinski definition) is 8. The normalized spacial score (nSPS) is 27.3. The van der Waals surface area contributed by atoms with Crippen LogP contribution in [0, 0.1) is 5.41 Å². The summed E-state index contributed by atoms with van der Waals surface area (Å²) in [5.74, 6) is 0. The number of aliphatic hydroxyl groups is 2. The molecular weight excluding hydrogens is 340 g/mol. The van der Waals surface area contributed by atoms with Gasteiger partial charge in [0.1, 0.15) is 30.2 Å². The number of aromatic amines is 1. The Labute approximate surface area is 146 Å². The number of hydrogen-bond donors (Lipinski definition) is 6. The Hall–Kier alpha value is -1.06. The second-order valence-corrected chi connectivity index (χ2v) is 6.17. The average molecular weight is 354 g/mol. The van der Waals surface area contributed by atoms with Crippen LogP contribution < -0.4 is 24.3 Å². The van der Waals surface area contributed by atoms with Crippen molar-refractivity contribution in [1.29, 1.82) is 5.41 Å². The molecule has 2 aromatic heterocycles. The minimum atomic E-state index is -4.73. The predicted octanol–water partition coefficient (Wildman–Crippen LogP) is -5.03. The molecule has 0 radical (unpaired) electrons. The van der Waals surface area contributed by atoms with E-state index in [1.165, 1.54) is 17.2 Å². The van der Waals surface area contributed by atoms with Gasteiger partial charge in [-0.05, 0) is 0 Å². The first-order chi connectivity index (χ1) is 10.8. The summed E-state index contributed by atoms with van der Waals surface area (Å²) in [4.78, 5) is 28.0. The first-order valence-electron chi connectivity index (χ1n) is 6.44. The molecule has 24 heavy (non-hydrogen) atoms. The van der Waals surface area contributed by atoms with Gasteiger partial charge in [-0.2, -0.15) is 0 Å². The zero-order valence-electron chi connectivity index (χ0n) is 12.5. The molecule has 2 aromatic rings. The number of rotatable bonds is 4. The smallest absolute Gasteiger partial charge is 0.387 e. The van der Waals surface area contributed by atoms with Crippen molar-refractivity contribution in [2.24, 2.45) is 0 Å². The number of imidazole rings is 1. The Morgan fingerprint density at radius 1 is 1.38 bits per heavy atom. The van der Waals surface area contributed by atoms with Crippen LogP contribution in [0.25, 0.3) is 11.2 Å². The van der Waals surface area contributed by atoms with Crippen molar-refractivity contribution >= 4 is 19.0 Å². The van der Waals surface area contributed by atoms with E-state index in [0.717, 1.165) is 0 Å². The molecule has 0 bridgehead atoms. The maximum atomic E-state index is 10.7. The van der Waals surface area contributed by atoms with Crippen molar-refractivity contribution in [3.63, 3.8) is 0 Å². The van der Waals surface area contributed by atoms with Crippen molar-refractivity contribution < 1.29 is 52.7 Å². The van der Waals surface area contributed by atoms with Crippen LogP contribution in [0.3, 0.4) is 0 Å². The topological polar surface area (TPSA) is 187 Å². The fourth-order valence-electron chi connectivity index (χ4n) is 2.35. The third-order valence-corrected chi connectivity index (χ3v) is 3.92. The summed E-state index contributed by atoms with van der Waals surface area (Å²) in [6.45, 7) is -0.604. The molecule has 1 aliphatic rings. The molecule has 3 rings (SSSR count). The SMILES string of the molecule is N=c1ncn(C2OC(COP(=O)(O)O)C(O)C2O)c2nc[nH]c12.[Li+]. The van der Waals surface area contributed by atoms with E-state index in [1.807, 2.05) is 0 Å². The number of phosphoric ester groups is 1. The molecule has 4 unspecified atom stereocenters. The standard InChI is InChI=1S/C10H14N5O7P.Li/c11-8-5-9(13-2-12-5)15(3-14-8)10-7(17)6(16)4(22-10)1-21-23(18,19)20;/h2-4,6-7,10-11,16-17H,1H2,(H,12,13)(H2,18,19,20);/q;+1. The van der Waals surface area contributed by atoms with E-state index in [1.54, 1.807) is 0 Å². The zero-order valence-corrected chi connectivity index (χ0v) is 13.4. The summed E-state index contributed by atoms with van der Waals surface area (Å²) in [5.41, 5.74) is 0.536. The quantitative estimate of drug-likeness (QED) is 0.231. The Morgan fingerprint density at radius 2 is 2.08 bits per heavy atom. The number of phosphoric acid groups is 1. The number of ether oxygens (including phenoxy) is 1. The van der Waals surface area contributed by atoms with Crippen LogP contribution in [-0.4, -0.2) is 64.4 Å². The minimum Gasteiger partial charge on any atom is -0.387 e. The second-order valence-electron chi connectivity index (χ2n) is 4.93. The van der Waals surface area contributed by atoms with Crippen molar-refractivity contribution in [2.75, 3.05) is 6.61 Å². The van der Waals surface area contributed by atoms with Crippen LogP contribution in [0.15, 0.2) is 12.7 Å². The maximum Gasteiger partial charge on any atom is 1.00 e. The Balaban J connectivity index is 0.00000208. The van der Waals surface area contributed by atoms with Crippen LogP contribution in [0.2, 0.25) is 0 Å². The molecule has 0 aromatic carbocycles. The molecule has 1 fully saturated rings. The van der Waals surface area contributed by atoms with Gasteiger partial charge in [0.15, 0.2) is 17.4 Å². The molecule has 0 saturated carbocycles. The zero-order chi connectivity index (χ0) is 16.8. The molecule has 126 valence electrons. The van der Waals surface area contributed by atoms with E-state index in [9.17, 15) is 14.8 Å². The van der Waals surface area contributed by atoms with Gasteiger partial charge < -0.3 is 29.7 Å². The molecule has 0 amide bonds. The fourth-order valence-corrected chi connectivity index (χ4v) is 2.69. The van der Waals surface area contributed by atoms with Crippen LogP contribution in [0.1, 0.15) is 6.23 Å². The summed E-state index contributed by atoms with van der Waals surface area (Å²) in [6, 6.07) is 0. The predicted molar refractivity (Wildman–Crippen MR) is 71.7 cm³/mol. The average Bonchev–Trinajstić information content (AvgIpc) is 3.06. The summed E-state index contributed by atoms with van der Waals surface area (Å²) >= 11 is 0. The first kappa shape index (κ1) is 19.3. The molecule has 0 aliphatic carbocycles. The number of aliphatic hydroxyl groups excluding tert-OH is 2. The number of aromatic nitrogens is 4. The van der Waals surface area contributed by atoms with Crippen LogP contribution in [0.4, 0.5) is 0 Å². The molecule has 0 spiro atoms. The molecule has 4 atom stereocenters. The van der Waals surface area contributed by atoms with E-state index < -0.39 is 39.0 Å². The van der Waals surface area contributed by atoms with Gasteiger partial charge in [0.25, 0.3) is 0 Å². The number of fused-ring (bicyclic) bond motifs is 1. The summed E-state index contributed by atoms with van der Waals surface area (Å²) in [6.07, 6.45) is -2.52. The van der Waals surface area contributed by atoms with E-state index in [0.29, 0.717) is 5.52 Å². The Kier molecular flexibility index (Phi) is 5.66. The number of nitrogens with zero attached hydrogens (tertiary/aromatic N) is 3. The summed E-state index contributed by atoms with van der Waals surface area (Å²) in [7, 11) is -4.73. The molecule has 12 nitrogen and oxygen atoms in total. The van der Waals surface area contributed by atoms with Crippen molar-refractivity contribution in [2.45, 2.75) is 24.5 Å². The van der Waals surface area contributed by atoms with Gasteiger partial charge in [-0.25, -0.2) is 14.5 Å². The first-order valence-corrected chi connectivity index (χ1v) is 7.97. The van der Waals surface area contributed by atoms with Crippen molar-refractivity contribution in [1.82, 2.24) is 19.5 Å². The molecule has 1 aliphatic heterocycles. The molecule has 14 heteroatoms. The van der Waals surface area contributed by atoms with Crippen LogP contribution in [0.5, 0.6) is 0 Å². The van der Waals surface area contributed by atoms with Gasteiger partial charge in [-0.15, -0.1) is 0 Å². The van der Waals surface area contributed by atoms with Gasteiger partial charge in [0.05, 0.1) is 12.9 Å². The number of nitrogens with one attached hydrogen (secondary N) is 2. The van der Waals surface area contributed by atoms with E-state index in [-0.39, 0.29) is 30.0 Å². The third-order valence-electron chi connectivity index (χ3n) is 3.43. The maximum absolute atomic E-state index is 10.7. The van der Waals surface area contributed by atoms with E-state index in [4.69, 9.17) is 19.9 Å². The van der Waals surface area contributed by atoms with Gasteiger partial charge in [0, 0.05) is 0 Å². The second kappa shape index (κ2) is 7.05. The van der Waals surface area contributed by atoms with Crippen LogP contribution >= 0.6 is 7.82 Å². The van der Waals surface area contributed by atoms with Gasteiger partial charge in [0.2, 0.25) is 0 Å². The number of H-pyrrole nitrogens is 1. The molecule has 3 heterocycles. The van der Waals surface area contributed by atoms with Crippen molar-refractivity contribution in [3.8, 4) is 0 Å².